The maximum absolute atomic E-state index is 12.7. The van der Waals surface area contributed by atoms with E-state index in [0.717, 1.165) is 11.1 Å². The van der Waals surface area contributed by atoms with Gasteiger partial charge in [0.1, 0.15) is 0 Å². The van der Waals surface area contributed by atoms with E-state index in [1.54, 1.807) is 24.3 Å². The molecule has 5 nitrogen and oxygen atoms in total. The molecule has 24 heavy (non-hydrogen) atoms. The van der Waals surface area contributed by atoms with E-state index >= 15 is 0 Å². The summed E-state index contributed by atoms with van der Waals surface area (Å²) in [6, 6.07) is 15.7. The number of hydrogen-bond acceptors (Lipinski definition) is 4. The molecule has 6 heteroatoms. The molecule has 1 fully saturated rings. The normalized spacial score (nSPS) is 23.2. The molecule has 1 aliphatic rings. The van der Waals surface area contributed by atoms with E-state index < -0.39 is 16.1 Å². The zero-order chi connectivity index (χ0) is 17.2. The second-order valence-corrected chi connectivity index (χ2v) is 7.81. The lowest BCUT2D eigenvalue weighted by molar-refractivity contribution is 0.117. The maximum Gasteiger partial charge on any atom is 0.243 e. The van der Waals surface area contributed by atoms with E-state index in [0.29, 0.717) is 6.61 Å². The zero-order valence-electron chi connectivity index (χ0n) is 13.5. The van der Waals surface area contributed by atoms with E-state index in [-0.39, 0.29) is 24.2 Å². The van der Waals surface area contributed by atoms with E-state index in [4.69, 9.17) is 4.74 Å². The molecule has 3 atom stereocenters. The highest BCUT2D eigenvalue weighted by atomic mass is 32.2. The predicted octanol–water partition coefficient (Wildman–Crippen LogP) is 1.95. The Hall–Kier alpha value is -1.73. The van der Waals surface area contributed by atoms with Gasteiger partial charge in [0.25, 0.3) is 0 Å². The van der Waals surface area contributed by atoms with Gasteiger partial charge in [-0.1, -0.05) is 48.0 Å². The van der Waals surface area contributed by atoms with Crippen LogP contribution in [-0.2, 0) is 21.4 Å². The van der Waals surface area contributed by atoms with Crippen LogP contribution in [0.5, 0.6) is 0 Å². The fourth-order valence-corrected chi connectivity index (χ4v) is 4.55. The van der Waals surface area contributed by atoms with Gasteiger partial charge in [0, 0.05) is 0 Å². The van der Waals surface area contributed by atoms with Gasteiger partial charge in [-0.05, 0) is 24.6 Å². The molecule has 0 spiro atoms. The smallest absolute Gasteiger partial charge is 0.243 e. The third-order valence-electron chi connectivity index (χ3n) is 4.19. The standard InChI is InChI=1S/C18H21NO4S/c1-14-7-9-16(10-8-14)24(21,22)19-17(11-20)18(19)13-23-12-15-5-3-2-4-6-15/h2-10,17-18,20H,11-13H2,1H3/t17-,18?,19?/m1/s1. The van der Waals surface area contributed by atoms with Crippen LogP contribution in [0.15, 0.2) is 59.5 Å². The summed E-state index contributed by atoms with van der Waals surface area (Å²) in [5, 5.41) is 9.46. The van der Waals surface area contributed by atoms with Crippen molar-refractivity contribution in [3.05, 3.63) is 65.7 Å². The quantitative estimate of drug-likeness (QED) is 0.778. The molecule has 1 aliphatic heterocycles. The first-order chi connectivity index (χ1) is 11.5. The Morgan fingerprint density at radius 2 is 1.71 bits per heavy atom. The number of aliphatic hydroxyl groups excluding tert-OH is 1. The van der Waals surface area contributed by atoms with Gasteiger partial charge in [0.2, 0.25) is 10.0 Å². The molecule has 2 aromatic carbocycles. The summed E-state index contributed by atoms with van der Waals surface area (Å²) in [5.41, 5.74) is 2.04. The van der Waals surface area contributed by atoms with E-state index in [1.807, 2.05) is 37.3 Å². The second-order valence-electron chi connectivity index (χ2n) is 5.97. The lowest BCUT2D eigenvalue weighted by atomic mass is 10.2. The van der Waals surface area contributed by atoms with Crippen LogP contribution in [0.4, 0.5) is 0 Å². The molecule has 3 rings (SSSR count). The van der Waals surface area contributed by atoms with Crippen LogP contribution in [0.2, 0.25) is 0 Å². The average molecular weight is 347 g/mol. The fraction of sp³-hybridized carbons (Fsp3) is 0.333. The van der Waals surface area contributed by atoms with Crippen LogP contribution in [0.3, 0.4) is 0 Å². The molecule has 1 heterocycles. The second kappa shape index (κ2) is 7.03. The molecule has 0 saturated carbocycles. The van der Waals surface area contributed by atoms with Gasteiger partial charge >= 0.3 is 0 Å². The summed E-state index contributed by atoms with van der Waals surface area (Å²) < 4.78 is 32.3. The summed E-state index contributed by atoms with van der Waals surface area (Å²) >= 11 is 0. The summed E-state index contributed by atoms with van der Waals surface area (Å²) in [7, 11) is -3.59. The Balaban J connectivity index is 1.64. The number of aliphatic hydroxyl groups is 1. The van der Waals surface area contributed by atoms with Gasteiger partial charge in [-0.3, -0.25) is 0 Å². The molecule has 128 valence electrons. The van der Waals surface area contributed by atoms with Crippen molar-refractivity contribution < 1.29 is 18.3 Å². The van der Waals surface area contributed by atoms with E-state index in [9.17, 15) is 13.5 Å². The summed E-state index contributed by atoms with van der Waals surface area (Å²) in [5.74, 6) is 0. The molecule has 1 N–H and O–H groups in total. The van der Waals surface area contributed by atoms with Crippen molar-refractivity contribution in [1.29, 1.82) is 0 Å². The molecular weight excluding hydrogens is 326 g/mol. The summed E-state index contributed by atoms with van der Waals surface area (Å²) in [6.45, 7) is 2.40. The third-order valence-corrected chi connectivity index (χ3v) is 6.16. The van der Waals surface area contributed by atoms with Gasteiger partial charge < -0.3 is 9.84 Å². The molecule has 2 aromatic rings. The molecule has 1 saturated heterocycles. The number of benzene rings is 2. The Labute approximate surface area is 142 Å². The SMILES string of the molecule is Cc1ccc(S(=O)(=O)N2C(COCc3ccccc3)[C@H]2CO)cc1. The molecule has 0 aromatic heterocycles. The largest absolute Gasteiger partial charge is 0.395 e. The minimum absolute atomic E-state index is 0.204. The van der Waals surface area contributed by atoms with E-state index in [1.165, 1.54) is 4.31 Å². The van der Waals surface area contributed by atoms with Crippen molar-refractivity contribution in [2.75, 3.05) is 13.2 Å². The molecular formula is C18H21NO4S. The van der Waals surface area contributed by atoms with Crippen LogP contribution in [0.1, 0.15) is 11.1 Å². The summed E-state index contributed by atoms with van der Waals surface area (Å²) in [6.07, 6.45) is 0. The third kappa shape index (κ3) is 3.52. The van der Waals surface area contributed by atoms with Gasteiger partial charge in [0.15, 0.2) is 0 Å². The Morgan fingerprint density at radius 3 is 2.33 bits per heavy atom. The van der Waals surface area contributed by atoms with Crippen LogP contribution >= 0.6 is 0 Å². The molecule has 2 unspecified atom stereocenters. The predicted molar refractivity (Wildman–Crippen MR) is 91.0 cm³/mol. The van der Waals surface area contributed by atoms with Crippen LogP contribution in [0.25, 0.3) is 0 Å². The fourth-order valence-electron chi connectivity index (χ4n) is 2.76. The van der Waals surface area contributed by atoms with Crippen molar-refractivity contribution in [2.24, 2.45) is 0 Å². The van der Waals surface area contributed by atoms with Gasteiger partial charge in [-0.25, -0.2) is 8.42 Å². The number of sulfonamides is 1. The Morgan fingerprint density at radius 1 is 1.04 bits per heavy atom. The molecule has 0 aliphatic carbocycles. The van der Waals surface area contributed by atoms with Crippen LogP contribution < -0.4 is 0 Å². The van der Waals surface area contributed by atoms with Crippen LogP contribution in [0, 0.1) is 6.92 Å². The maximum atomic E-state index is 12.7. The average Bonchev–Trinajstić information content (AvgIpc) is 3.30. The number of nitrogens with zero attached hydrogens (tertiary/aromatic N) is 1. The Kier molecular flexibility index (Phi) is 5.01. The highest BCUT2D eigenvalue weighted by molar-refractivity contribution is 7.89. The molecule has 0 bridgehead atoms. The van der Waals surface area contributed by atoms with Crippen molar-refractivity contribution in [1.82, 2.24) is 4.31 Å². The number of aryl methyl sites for hydroxylation is 1. The van der Waals surface area contributed by atoms with Crippen molar-refractivity contribution in [3.63, 3.8) is 0 Å². The summed E-state index contributed by atoms with van der Waals surface area (Å²) in [4.78, 5) is 0.247. The topological polar surface area (TPSA) is 66.6 Å². The first kappa shape index (κ1) is 17.1. The Bertz CT molecular complexity index is 774. The van der Waals surface area contributed by atoms with Crippen LogP contribution in [-0.4, -0.2) is 43.1 Å². The minimum Gasteiger partial charge on any atom is -0.395 e. The first-order valence-corrected chi connectivity index (χ1v) is 9.31. The van der Waals surface area contributed by atoms with E-state index in [2.05, 4.69) is 0 Å². The number of hydrogen-bond donors (Lipinski definition) is 1. The van der Waals surface area contributed by atoms with Gasteiger partial charge in [-0.2, -0.15) is 4.31 Å². The number of ether oxygens (including phenoxy) is 1. The highest BCUT2D eigenvalue weighted by Gasteiger charge is 2.55. The van der Waals surface area contributed by atoms with Crippen molar-refractivity contribution in [2.45, 2.75) is 30.5 Å². The van der Waals surface area contributed by atoms with Gasteiger partial charge in [0.05, 0.1) is 36.8 Å². The van der Waals surface area contributed by atoms with Gasteiger partial charge in [-0.15, -0.1) is 0 Å². The first-order valence-electron chi connectivity index (χ1n) is 7.87. The zero-order valence-corrected chi connectivity index (χ0v) is 14.3. The van der Waals surface area contributed by atoms with Crippen molar-refractivity contribution in [3.8, 4) is 0 Å². The highest BCUT2D eigenvalue weighted by Crippen LogP contribution is 2.36. The van der Waals surface area contributed by atoms with Crippen molar-refractivity contribution >= 4 is 10.0 Å². The molecule has 0 amide bonds. The lowest BCUT2D eigenvalue weighted by Crippen LogP contribution is -2.18. The number of rotatable bonds is 7. The lowest BCUT2D eigenvalue weighted by Gasteiger charge is -2.08. The monoisotopic (exact) mass is 347 g/mol. The molecule has 0 radical (unpaired) electrons. The minimum atomic E-state index is -3.59.